The molecule has 3 heteroatoms. The SMILES string of the molecule is C#N.[Fe].[Ti]. The third kappa shape index (κ3) is 15.5. The van der Waals surface area contributed by atoms with Crippen molar-refractivity contribution in [3.63, 3.8) is 0 Å². The van der Waals surface area contributed by atoms with E-state index in [9.17, 15) is 0 Å². The Balaban J connectivity index is -0.00000000500. The first kappa shape index (κ1) is 22.0. The van der Waals surface area contributed by atoms with Crippen molar-refractivity contribution < 1.29 is 38.8 Å². The second-order valence-corrected chi connectivity index (χ2v) is 0. The first-order valence-corrected chi connectivity index (χ1v) is 0.258. The van der Waals surface area contributed by atoms with Crippen LogP contribution in [0.25, 0.3) is 0 Å². The summed E-state index contributed by atoms with van der Waals surface area (Å²) < 4.78 is 0. The Morgan fingerprint density at radius 1 is 1.25 bits per heavy atom. The van der Waals surface area contributed by atoms with E-state index in [1.807, 2.05) is 0 Å². The summed E-state index contributed by atoms with van der Waals surface area (Å²) in [6, 6.07) is 0. The molecule has 0 aliphatic rings. The van der Waals surface area contributed by atoms with Gasteiger partial charge in [-0.05, 0) is 0 Å². The van der Waals surface area contributed by atoms with Gasteiger partial charge in [0.15, 0.2) is 0 Å². The normalized spacial score (nSPS) is 0.500. The van der Waals surface area contributed by atoms with Crippen LogP contribution < -0.4 is 0 Å². The summed E-state index contributed by atoms with van der Waals surface area (Å²) in [5.41, 5.74) is 0. The van der Waals surface area contributed by atoms with Crippen molar-refractivity contribution in [1.29, 1.82) is 5.26 Å². The summed E-state index contributed by atoms with van der Waals surface area (Å²) in [6.45, 7) is 3.50. The quantitative estimate of drug-likeness (QED) is 0.428. The van der Waals surface area contributed by atoms with E-state index in [1.165, 1.54) is 0 Å². The third-order valence-corrected chi connectivity index (χ3v) is 0. The van der Waals surface area contributed by atoms with E-state index in [4.69, 9.17) is 5.26 Å². The maximum absolute atomic E-state index is 6.50. The predicted molar refractivity (Wildman–Crippen MR) is 6.67 cm³/mol. The van der Waals surface area contributed by atoms with Crippen LogP contribution in [0.4, 0.5) is 0 Å². The zero-order chi connectivity index (χ0) is 2.00. The fraction of sp³-hybridized carbons (Fsp3) is 0. The predicted octanol–water partition coefficient (Wildman–Crippen LogP) is 0.135. The molecule has 0 saturated heterocycles. The van der Waals surface area contributed by atoms with Crippen LogP contribution in [0.15, 0.2) is 0 Å². The third-order valence-electron chi connectivity index (χ3n) is 0. The molecule has 0 N–H and O–H groups in total. The van der Waals surface area contributed by atoms with Gasteiger partial charge in [-0.25, -0.2) is 5.26 Å². The Kier molecular flexibility index (Phi) is 291. The van der Waals surface area contributed by atoms with Gasteiger partial charge in [-0.1, -0.05) is 0 Å². The standard InChI is InChI=1S/CHN.Fe.Ti/c1-2;;/h1H;;. The van der Waals surface area contributed by atoms with Crippen LogP contribution in [0.3, 0.4) is 0 Å². The van der Waals surface area contributed by atoms with Gasteiger partial charge in [-0.3, -0.25) is 0 Å². The molecule has 0 atom stereocenters. The van der Waals surface area contributed by atoms with Crippen LogP contribution >= 0.6 is 0 Å². The van der Waals surface area contributed by atoms with Crippen molar-refractivity contribution in [2.45, 2.75) is 0 Å². The fourth-order valence-electron chi connectivity index (χ4n) is 0. The molecule has 0 aromatic rings. The van der Waals surface area contributed by atoms with E-state index in [0.717, 1.165) is 0 Å². The zero-order valence-corrected chi connectivity index (χ0v) is 4.54. The van der Waals surface area contributed by atoms with Gasteiger partial charge in [0.2, 0.25) is 0 Å². The van der Waals surface area contributed by atoms with Gasteiger partial charge in [0.25, 0.3) is 0 Å². The Morgan fingerprint density at radius 3 is 1.25 bits per heavy atom. The van der Waals surface area contributed by atoms with E-state index >= 15 is 0 Å². The van der Waals surface area contributed by atoms with E-state index in [-0.39, 0.29) is 38.8 Å². The van der Waals surface area contributed by atoms with Crippen molar-refractivity contribution in [3.05, 3.63) is 0 Å². The molecule has 1 nitrogen and oxygen atoms in total. The number of nitriles is 1. The first-order chi connectivity index (χ1) is 1.00. The molecule has 0 radical (unpaired) electrons. The molecule has 0 aliphatic heterocycles. The maximum atomic E-state index is 6.50. The topological polar surface area (TPSA) is 23.8 Å². The largest absolute Gasteiger partial charge is 0.202 e. The second kappa shape index (κ2) is 52.7. The van der Waals surface area contributed by atoms with E-state index in [1.54, 1.807) is 0 Å². The smallest absolute Gasteiger partial charge is 0.0462 e. The Labute approximate surface area is 50.7 Å². The van der Waals surface area contributed by atoms with Gasteiger partial charge in [-0.2, -0.15) is 0 Å². The Hall–Kier alpha value is 0.724. The number of hydrogen-bond acceptors (Lipinski definition) is 1. The molecular weight excluding hydrogens is 130 g/mol. The van der Waals surface area contributed by atoms with Gasteiger partial charge >= 0.3 is 0 Å². The van der Waals surface area contributed by atoms with Crippen LogP contribution in [0.2, 0.25) is 0 Å². The van der Waals surface area contributed by atoms with E-state index < -0.39 is 0 Å². The fourth-order valence-corrected chi connectivity index (χ4v) is 0. The van der Waals surface area contributed by atoms with Gasteiger partial charge < -0.3 is 0 Å². The molecule has 0 fully saturated rings. The molecule has 0 rings (SSSR count). The molecule has 0 heterocycles. The summed E-state index contributed by atoms with van der Waals surface area (Å²) in [5, 5.41) is 6.50. The molecular formula is CHFeNTi. The number of rotatable bonds is 0. The van der Waals surface area contributed by atoms with Gasteiger partial charge in [0.05, 0.1) is 0 Å². The van der Waals surface area contributed by atoms with Crippen LogP contribution in [0.5, 0.6) is 0 Å². The Bertz CT molecular complexity index is 12.8. The maximum Gasteiger partial charge on any atom is 0.0462 e. The van der Waals surface area contributed by atoms with Gasteiger partial charge in [-0.15, -0.1) is 0 Å². The summed E-state index contributed by atoms with van der Waals surface area (Å²) in [6.07, 6.45) is 0. The number of nitrogens with zero attached hydrogens (tertiary/aromatic N) is 1. The van der Waals surface area contributed by atoms with Crippen molar-refractivity contribution in [2.75, 3.05) is 0 Å². The van der Waals surface area contributed by atoms with Crippen LogP contribution in [-0.2, 0) is 38.8 Å². The Morgan fingerprint density at radius 2 is 1.25 bits per heavy atom. The van der Waals surface area contributed by atoms with Crippen molar-refractivity contribution >= 4 is 0 Å². The average molecular weight is 131 g/mol. The van der Waals surface area contributed by atoms with Crippen molar-refractivity contribution in [3.8, 4) is 6.57 Å². The summed E-state index contributed by atoms with van der Waals surface area (Å²) in [7, 11) is 0. The molecule has 0 aromatic heterocycles. The molecule has 0 saturated carbocycles. The van der Waals surface area contributed by atoms with Crippen molar-refractivity contribution in [2.24, 2.45) is 0 Å². The van der Waals surface area contributed by atoms with Gasteiger partial charge in [0, 0.05) is 45.4 Å². The molecule has 22 valence electrons. The minimum Gasteiger partial charge on any atom is -0.202 e. The minimum absolute atomic E-state index is 0. The molecule has 0 unspecified atom stereocenters. The molecule has 0 spiro atoms. The van der Waals surface area contributed by atoms with Crippen LogP contribution in [-0.4, -0.2) is 0 Å². The van der Waals surface area contributed by atoms with Gasteiger partial charge in [0.1, 0.15) is 0 Å². The molecule has 4 heavy (non-hydrogen) atoms. The molecule has 0 aromatic carbocycles. The van der Waals surface area contributed by atoms with E-state index in [2.05, 4.69) is 6.57 Å². The van der Waals surface area contributed by atoms with Crippen LogP contribution in [0, 0.1) is 11.8 Å². The minimum atomic E-state index is 0. The summed E-state index contributed by atoms with van der Waals surface area (Å²) >= 11 is 0. The monoisotopic (exact) mass is 131 g/mol. The zero-order valence-electron chi connectivity index (χ0n) is 1.88. The molecule has 0 amide bonds. The molecule has 0 aliphatic carbocycles. The number of hydrogen-bond donors (Lipinski definition) is 0. The molecule has 0 bridgehead atoms. The summed E-state index contributed by atoms with van der Waals surface area (Å²) in [5.74, 6) is 0. The van der Waals surface area contributed by atoms with E-state index in [0.29, 0.717) is 0 Å². The first-order valence-electron chi connectivity index (χ1n) is 0.258. The van der Waals surface area contributed by atoms with Crippen molar-refractivity contribution in [1.82, 2.24) is 0 Å². The van der Waals surface area contributed by atoms with Crippen LogP contribution in [0.1, 0.15) is 0 Å². The average Bonchev–Trinajstić information content (AvgIpc) is 1.00. The second-order valence-electron chi connectivity index (χ2n) is 0. The summed E-state index contributed by atoms with van der Waals surface area (Å²) in [4.78, 5) is 0.